The van der Waals surface area contributed by atoms with Crippen LogP contribution in [-0.2, 0) is 17.1 Å². The molecule has 9 heteroatoms. The molecule has 3 rings (SSSR count). The number of hydrogen-bond donors (Lipinski definition) is 0. The van der Waals surface area contributed by atoms with Crippen molar-refractivity contribution >= 4 is 29.4 Å². The topological polar surface area (TPSA) is 77.7 Å². The molecule has 0 bridgehead atoms. The van der Waals surface area contributed by atoms with Gasteiger partial charge in [0.15, 0.2) is 11.5 Å². The predicted molar refractivity (Wildman–Crippen MR) is 95.9 cm³/mol. The quantitative estimate of drug-likeness (QED) is 0.646. The molecule has 7 nitrogen and oxygen atoms in total. The van der Waals surface area contributed by atoms with Crippen LogP contribution in [0.15, 0.2) is 27.8 Å². The van der Waals surface area contributed by atoms with E-state index in [9.17, 15) is 4.79 Å². The summed E-state index contributed by atoms with van der Waals surface area (Å²) in [5.74, 6) is 3.00. The van der Waals surface area contributed by atoms with E-state index in [2.05, 4.69) is 10.2 Å². The van der Waals surface area contributed by atoms with Crippen LogP contribution in [0, 0.1) is 0 Å². The Morgan fingerprint density at radius 3 is 2.92 bits per heavy atom. The highest BCUT2D eigenvalue weighted by Crippen LogP contribution is 2.32. The summed E-state index contributed by atoms with van der Waals surface area (Å²) in [5.41, 5.74) is 1.00. The zero-order valence-electron chi connectivity index (χ0n) is 14.1. The van der Waals surface area contributed by atoms with Crippen LogP contribution in [0.5, 0.6) is 11.5 Å². The zero-order valence-corrected chi connectivity index (χ0v) is 15.7. The third-order valence-electron chi connectivity index (χ3n) is 3.58. The summed E-state index contributed by atoms with van der Waals surface area (Å²) in [6.07, 6.45) is 1.97. The Bertz CT molecular complexity index is 738. The molecule has 1 aliphatic rings. The molecule has 1 aromatic heterocycles. The van der Waals surface area contributed by atoms with Crippen LogP contribution in [0.25, 0.3) is 0 Å². The molecule has 0 radical (unpaired) electrons. The lowest BCUT2D eigenvalue weighted by atomic mass is 10.2. The molecule has 0 fully saturated rings. The van der Waals surface area contributed by atoms with Crippen molar-refractivity contribution in [1.29, 1.82) is 0 Å². The van der Waals surface area contributed by atoms with E-state index < -0.39 is 0 Å². The van der Waals surface area contributed by atoms with Crippen LogP contribution in [0.2, 0.25) is 0 Å². The van der Waals surface area contributed by atoms with Crippen molar-refractivity contribution in [2.75, 3.05) is 25.3 Å². The first-order chi connectivity index (χ1) is 12.2. The number of carbonyl (C=O) groups is 1. The number of thioether (sulfide) groups is 2. The number of aromatic nitrogens is 2. The number of benzene rings is 1. The Balaban J connectivity index is 1.55. The lowest BCUT2D eigenvalue weighted by molar-refractivity contribution is -0.128. The van der Waals surface area contributed by atoms with Crippen LogP contribution in [0.3, 0.4) is 0 Å². The molecule has 25 heavy (non-hydrogen) atoms. The summed E-state index contributed by atoms with van der Waals surface area (Å²) in [5, 5.41) is 8.32. The van der Waals surface area contributed by atoms with Crippen LogP contribution in [0.4, 0.5) is 0 Å². The first kappa shape index (κ1) is 17.9. The normalized spacial score (nSPS) is 12.4. The van der Waals surface area contributed by atoms with E-state index in [0.717, 1.165) is 17.1 Å². The van der Waals surface area contributed by atoms with Gasteiger partial charge in [0.25, 0.3) is 5.22 Å². The summed E-state index contributed by atoms with van der Waals surface area (Å²) in [6.45, 7) is 3.34. The fraction of sp³-hybridized carbons (Fsp3) is 0.438. The Hall–Kier alpha value is -1.87. The van der Waals surface area contributed by atoms with E-state index >= 15 is 0 Å². The van der Waals surface area contributed by atoms with Crippen molar-refractivity contribution in [3.05, 3.63) is 29.7 Å². The summed E-state index contributed by atoms with van der Waals surface area (Å²) < 4.78 is 16.2. The summed E-state index contributed by atoms with van der Waals surface area (Å²) in [4.78, 5) is 14.3. The molecule has 0 N–H and O–H groups in total. The third-order valence-corrected chi connectivity index (χ3v) is 4.92. The number of amides is 1. The number of carbonyl (C=O) groups excluding carboxylic acids is 1. The van der Waals surface area contributed by atoms with Gasteiger partial charge in [-0.25, -0.2) is 0 Å². The molecule has 134 valence electrons. The fourth-order valence-electron chi connectivity index (χ4n) is 2.33. The van der Waals surface area contributed by atoms with Gasteiger partial charge in [-0.1, -0.05) is 17.8 Å². The molecule has 0 unspecified atom stereocenters. The predicted octanol–water partition coefficient (Wildman–Crippen LogP) is 2.80. The van der Waals surface area contributed by atoms with Crippen LogP contribution < -0.4 is 9.47 Å². The Morgan fingerprint density at radius 1 is 1.28 bits per heavy atom. The molecule has 0 saturated carbocycles. The van der Waals surface area contributed by atoms with Crippen LogP contribution >= 0.6 is 23.5 Å². The van der Waals surface area contributed by atoms with Crippen molar-refractivity contribution < 1.29 is 18.7 Å². The molecule has 0 aliphatic carbocycles. The van der Waals surface area contributed by atoms with E-state index in [1.807, 2.05) is 31.4 Å². The maximum Gasteiger partial charge on any atom is 0.277 e. The molecule has 2 aromatic rings. The standard InChI is InChI=1S/C16H19N3O4S2/c1-3-19(7-11-4-5-12-13(6-11)22-10-21-12)15(20)9-25-16-18-17-14(23-16)8-24-2/h4-6H,3,7-10H2,1-2H3. The largest absolute Gasteiger partial charge is 0.454 e. The molecule has 1 aromatic carbocycles. The highest BCUT2D eigenvalue weighted by molar-refractivity contribution is 7.99. The van der Waals surface area contributed by atoms with Gasteiger partial charge in [-0.05, 0) is 30.9 Å². The minimum atomic E-state index is 0.0229. The number of nitrogens with zero attached hydrogens (tertiary/aromatic N) is 3. The summed E-state index contributed by atoms with van der Waals surface area (Å²) >= 11 is 2.87. The van der Waals surface area contributed by atoms with Crippen LogP contribution in [0.1, 0.15) is 18.4 Å². The van der Waals surface area contributed by atoms with Crippen molar-refractivity contribution in [2.24, 2.45) is 0 Å². The highest BCUT2D eigenvalue weighted by atomic mass is 32.2. The molecule has 1 aliphatic heterocycles. The van der Waals surface area contributed by atoms with E-state index in [0.29, 0.717) is 30.0 Å². The Morgan fingerprint density at radius 2 is 2.12 bits per heavy atom. The summed E-state index contributed by atoms with van der Waals surface area (Å²) in [7, 11) is 0. The first-order valence-corrected chi connectivity index (χ1v) is 10.2. The van der Waals surface area contributed by atoms with Crippen LogP contribution in [-0.4, -0.2) is 46.4 Å². The molecule has 0 atom stereocenters. The van der Waals surface area contributed by atoms with Gasteiger partial charge in [0.05, 0.1) is 11.5 Å². The van der Waals surface area contributed by atoms with Crippen molar-refractivity contribution in [3.63, 3.8) is 0 Å². The number of ether oxygens (including phenoxy) is 2. The van der Waals surface area contributed by atoms with Crippen molar-refractivity contribution in [1.82, 2.24) is 15.1 Å². The molecule has 0 saturated heterocycles. The Labute approximate surface area is 154 Å². The van der Waals surface area contributed by atoms with Gasteiger partial charge < -0.3 is 18.8 Å². The lowest BCUT2D eigenvalue weighted by Gasteiger charge is -2.20. The van der Waals surface area contributed by atoms with E-state index in [-0.39, 0.29) is 18.5 Å². The number of hydrogen-bond acceptors (Lipinski definition) is 8. The number of rotatable bonds is 8. The van der Waals surface area contributed by atoms with Crippen molar-refractivity contribution in [3.8, 4) is 11.5 Å². The number of fused-ring (bicyclic) bond motifs is 1. The second kappa shape index (κ2) is 8.48. The minimum Gasteiger partial charge on any atom is -0.454 e. The molecule has 1 amide bonds. The lowest BCUT2D eigenvalue weighted by Crippen LogP contribution is -2.31. The van der Waals surface area contributed by atoms with Crippen molar-refractivity contribution in [2.45, 2.75) is 24.4 Å². The smallest absolute Gasteiger partial charge is 0.277 e. The maximum absolute atomic E-state index is 12.5. The van der Waals surface area contributed by atoms with Gasteiger partial charge in [-0.15, -0.1) is 10.2 Å². The van der Waals surface area contributed by atoms with Gasteiger partial charge in [-0.2, -0.15) is 11.8 Å². The zero-order chi connectivity index (χ0) is 17.6. The molecule has 0 spiro atoms. The summed E-state index contributed by atoms with van der Waals surface area (Å²) in [6, 6.07) is 5.73. The first-order valence-electron chi connectivity index (χ1n) is 7.80. The van der Waals surface area contributed by atoms with Gasteiger partial charge in [0, 0.05) is 13.1 Å². The van der Waals surface area contributed by atoms with Gasteiger partial charge in [0.2, 0.25) is 18.6 Å². The monoisotopic (exact) mass is 381 g/mol. The molecular weight excluding hydrogens is 362 g/mol. The SMILES string of the molecule is CCN(Cc1ccc2c(c1)OCO2)C(=O)CSc1nnc(CSC)o1. The Kier molecular flexibility index (Phi) is 6.09. The minimum absolute atomic E-state index is 0.0229. The van der Waals surface area contributed by atoms with E-state index in [4.69, 9.17) is 13.9 Å². The van der Waals surface area contributed by atoms with Gasteiger partial charge >= 0.3 is 0 Å². The van der Waals surface area contributed by atoms with E-state index in [1.165, 1.54) is 11.8 Å². The molecular formula is C16H19N3O4S2. The van der Waals surface area contributed by atoms with Gasteiger partial charge in [-0.3, -0.25) is 4.79 Å². The average molecular weight is 381 g/mol. The average Bonchev–Trinajstić information content (AvgIpc) is 3.26. The second-order valence-electron chi connectivity index (χ2n) is 5.28. The van der Waals surface area contributed by atoms with Gasteiger partial charge in [0.1, 0.15) is 0 Å². The highest BCUT2D eigenvalue weighted by Gasteiger charge is 2.18. The third kappa shape index (κ3) is 4.60. The van der Waals surface area contributed by atoms with E-state index in [1.54, 1.807) is 16.7 Å². The second-order valence-corrected chi connectivity index (χ2v) is 7.07. The fourth-order valence-corrected chi connectivity index (χ4v) is 3.38. The molecule has 2 heterocycles. The maximum atomic E-state index is 12.5.